The van der Waals surface area contributed by atoms with E-state index in [-0.39, 0.29) is 5.56 Å². The number of hydrogen-bond donors (Lipinski definition) is 2. The first kappa shape index (κ1) is 18.7. The number of para-hydroxylation sites is 1. The monoisotopic (exact) mass is 390 g/mol. The summed E-state index contributed by atoms with van der Waals surface area (Å²) in [6, 6.07) is 14.6. The van der Waals surface area contributed by atoms with Crippen molar-refractivity contribution in [3.8, 4) is 0 Å². The maximum Gasteiger partial charge on any atom is 0.337 e. The van der Waals surface area contributed by atoms with Crippen LogP contribution in [0.1, 0.15) is 16.2 Å². The summed E-state index contributed by atoms with van der Waals surface area (Å²) in [6.45, 7) is 5.17. The number of pyridine rings is 1. The molecule has 8 heteroatoms. The summed E-state index contributed by atoms with van der Waals surface area (Å²) in [7, 11) is 0. The van der Waals surface area contributed by atoms with Gasteiger partial charge in [0.25, 0.3) is 0 Å². The van der Waals surface area contributed by atoms with Gasteiger partial charge < -0.3 is 20.2 Å². The molecule has 0 bridgehead atoms. The minimum Gasteiger partial charge on any atom is -0.478 e. The second-order valence-electron chi connectivity index (χ2n) is 6.80. The van der Waals surface area contributed by atoms with Crippen molar-refractivity contribution in [2.75, 3.05) is 41.3 Å². The molecule has 4 rings (SSSR count). The molecule has 0 spiro atoms. The van der Waals surface area contributed by atoms with E-state index in [0.29, 0.717) is 17.3 Å². The van der Waals surface area contributed by atoms with Crippen LogP contribution in [-0.4, -0.2) is 52.2 Å². The predicted molar refractivity (Wildman–Crippen MR) is 112 cm³/mol. The maximum absolute atomic E-state index is 11.5. The van der Waals surface area contributed by atoms with Gasteiger partial charge >= 0.3 is 5.97 Å². The molecule has 3 heterocycles. The topological polar surface area (TPSA) is 94.5 Å². The third kappa shape index (κ3) is 4.26. The summed E-state index contributed by atoms with van der Waals surface area (Å²) in [5, 5.41) is 12.5. The minimum atomic E-state index is -0.982. The third-order valence-corrected chi connectivity index (χ3v) is 4.82. The Morgan fingerprint density at radius 3 is 2.34 bits per heavy atom. The lowest BCUT2D eigenvalue weighted by molar-refractivity contribution is 0.0698. The number of hydrogen-bond acceptors (Lipinski definition) is 7. The Morgan fingerprint density at radius 2 is 1.66 bits per heavy atom. The highest BCUT2D eigenvalue weighted by Crippen LogP contribution is 2.24. The summed E-state index contributed by atoms with van der Waals surface area (Å²) < 4.78 is 0. The number of rotatable bonds is 5. The fourth-order valence-electron chi connectivity index (χ4n) is 3.40. The van der Waals surface area contributed by atoms with Crippen LogP contribution in [0.4, 0.5) is 23.1 Å². The van der Waals surface area contributed by atoms with E-state index in [1.165, 1.54) is 0 Å². The quantitative estimate of drug-likeness (QED) is 0.687. The van der Waals surface area contributed by atoms with Crippen LogP contribution >= 0.6 is 0 Å². The molecule has 0 atom stereocenters. The number of nitrogens with zero attached hydrogens (tertiary/aromatic N) is 5. The molecule has 1 aliphatic rings. The largest absolute Gasteiger partial charge is 0.478 e. The molecule has 0 radical (unpaired) electrons. The SMILES string of the molecule is Cc1nc(Nc2ccccc2C(=O)O)cc(N2CCN(c3ccccn3)CC2)n1. The average molecular weight is 390 g/mol. The second-order valence-corrected chi connectivity index (χ2v) is 6.80. The van der Waals surface area contributed by atoms with Crippen molar-refractivity contribution in [2.45, 2.75) is 6.92 Å². The van der Waals surface area contributed by atoms with E-state index in [4.69, 9.17) is 0 Å². The van der Waals surface area contributed by atoms with E-state index >= 15 is 0 Å². The number of aryl methyl sites for hydroxylation is 1. The Kier molecular flexibility index (Phi) is 5.24. The van der Waals surface area contributed by atoms with Crippen molar-refractivity contribution >= 4 is 29.1 Å². The first-order valence-corrected chi connectivity index (χ1v) is 9.46. The van der Waals surface area contributed by atoms with Gasteiger partial charge in [-0.1, -0.05) is 18.2 Å². The van der Waals surface area contributed by atoms with Crippen LogP contribution in [0, 0.1) is 6.92 Å². The number of aromatic carboxylic acids is 1. The third-order valence-electron chi connectivity index (χ3n) is 4.82. The molecule has 0 aliphatic carbocycles. The highest BCUT2D eigenvalue weighted by Gasteiger charge is 2.20. The number of carbonyl (C=O) groups is 1. The number of nitrogens with one attached hydrogen (secondary N) is 1. The Morgan fingerprint density at radius 1 is 0.966 bits per heavy atom. The van der Waals surface area contributed by atoms with E-state index < -0.39 is 5.97 Å². The highest BCUT2D eigenvalue weighted by molar-refractivity contribution is 5.95. The summed E-state index contributed by atoms with van der Waals surface area (Å²) in [5.41, 5.74) is 0.707. The van der Waals surface area contributed by atoms with Gasteiger partial charge in [-0.3, -0.25) is 0 Å². The molecule has 2 aromatic heterocycles. The van der Waals surface area contributed by atoms with Crippen molar-refractivity contribution in [1.29, 1.82) is 0 Å². The summed E-state index contributed by atoms with van der Waals surface area (Å²) in [4.78, 5) is 29.3. The lowest BCUT2D eigenvalue weighted by Crippen LogP contribution is -2.47. The molecule has 0 saturated carbocycles. The highest BCUT2D eigenvalue weighted by atomic mass is 16.4. The Hall–Kier alpha value is -3.68. The molecular weight excluding hydrogens is 368 g/mol. The zero-order chi connectivity index (χ0) is 20.2. The first-order valence-electron chi connectivity index (χ1n) is 9.46. The van der Waals surface area contributed by atoms with Crippen molar-refractivity contribution in [3.05, 3.63) is 66.1 Å². The van der Waals surface area contributed by atoms with Crippen molar-refractivity contribution in [3.63, 3.8) is 0 Å². The van der Waals surface area contributed by atoms with Gasteiger partial charge in [-0.05, 0) is 31.2 Å². The normalized spacial score (nSPS) is 14.0. The van der Waals surface area contributed by atoms with E-state index in [2.05, 4.69) is 30.1 Å². The standard InChI is InChI=1S/C21H22N6O2/c1-15-23-18(25-17-7-3-2-6-16(17)21(28)29)14-20(24-15)27-12-10-26(11-13-27)19-8-4-5-9-22-19/h2-9,14H,10-13H2,1H3,(H,28,29)(H,23,24,25). The van der Waals surface area contributed by atoms with Crippen molar-refractivity contribution in [1.82, 2.24) is 15.0 Å². The van der Waals surface area contributed by atoms with Crippen LogP contribution in [-0.2, 0) is 0 Å². The minimum absolute atomic E-state index is 0.203. The number of anilines is 4. The van der Waals surface area contributed by atoms with Crippen LogP contribution in [0.15, 0.2) is 54.7 Å². The van der Waals surface area contributed by atoms with Gasteiger partial charge in [0.1, 0.15) is 23.3 Å². The fourth-order valence-corrected chi connectivity index (χ4v) is 3.40. The van der Waals surface area contributed by atoms with Crippen LogP contribution in [0.2, 0.25) is 0 Å². The zero-order valence-electron chi connectivity index (χ0n) is 16.1. The molecule has 8 nitrogen and oxygen atoms in total. The van der Waals surface area contributed by atoms with Gasteiger partial charge in [0.05, 0.1) is 11.3 Å². The van der Waals surface area contributed by atoms with E-state index in [1.54, 1.807) is 24.3 Å². The smallest absolute Gasteiger partial charge is 0.337 e. The zero-order valence-corrected chi connectivity index (χ0v) is 16.1. The van der Waals surface area contributed by atoms with Crippen molar-refractivity contribution < 1.29 is 9.90 Å². The lowest BCUT2D eigenvalue weighted by atomic mass is 10.2. The molecule has 1 saturated heterocycles. The van der Waals surface area contributed by atoms with Crippen LogP contribution in [0.3, 0.4) is 0 Å². The molecular formula is C21H22N6O2. The Bertz CT molecular complexity index is 1000. The van der Waals surface area contributed by atoms with Crippen LogP contribution in [0.25, 0.3) is 0 Å². The molecule has 2 N–H and O–H groups in total. The second kappa shape index (κ2) is 8.14. The number of benzene rings is 1. The summed E-state index contributed by atoms with van der Waals surface area (Å²) >= 11 is 0. The first-order chi connectivity index (χ1) is 14.1. The van der Waals surface area contributed by atoms with Crippen LogP contribution in [0.5, 0.6) is 0 Å². The molecule has 1 aromatic carbocycles. The van der Waals surface area contributed by atoms with Gasteiger partial charge in [0.2, 0.25) is 0 Å². The van der Waals surface area contributed by atoms with E-state index in [9.17, 15) is 9.90 Å². The molecule has 0 amide bonds. The van der Waals surface area contributed by atoms with Crippen LogP contribution < -0.4 is 15.1 Å². The lowest BCUT2D eigenvalue weighted by Gasteiger charge is -2.36. The Balaban J connectivity index is 1.50. The van der Waals surface area contributed by atoms with Gasteiger partial charge in [-0.2, -0.15) is 0 Å². The maximum atomic E-state index is 11.5. The van der Waals surface area contributed by atoms with E-state index in [1.807, 2.05) is 37.4 Å². The number of carboxylic acid groups (broad SMARTS) is 1. The van der Waals surface area contributed by atoms with Gasteiger partial charge in [-0.25, -0.2) is 19.7 Å². The molecule has 0 unspecified atom stereocenters. The van der Waals surface area contributed by atoms with E-state index in [0.717, 1.165) is 37.8 Å². The van der Waals surface area contributed by atoms with Crippen molar-refractivity contribution in [2.24, 2.45) is 0 Å². The molecule has 29 heavy (non-hydrogen) atoms. The summed E-state index contributed by atoms with van der Waals surface area (Å²) in [5.74, 6) is 2.04. The molecule has 148 valence electrons. The number of carboxylic acids is 1. The number of piperazine rings is 1. The van der Waals surface area contributed by atoms with Gasteiger partial charge in [0, 0.05) is 38.4 Å². The predicted octanol–water partition coefficient (Wildman–Crippen LogP) is 2.95. The number of aromatic nitrogens is 3. The van der Waals surface area contributed by atoms with Gasteiger partial charge in [-0.15, -0.1) is 0 Å². The molecule has 3 aromatic rings. The average Bonchev–Trinajstić information content (AvgIpc) is 2.74. The molecule has 1 aliphatic heterocycles. The van der Waals surface area contributed by atoms with Gasteiger partial charge in [0.15, 0.2) is 0 Å². The Labute approximate surface area is 168 Å². The fraction of sp³-hybridized carbons (Fsp3) is 0.238. The summed E-state index contributed by atoms with van der Waals surface area (Å²) in [6.07, 6.45) is 1.81. The molecule has 1 fully saturated rings.